The van der Waals surface area contributed by atoms with E-state index in [1.807, 2.05) is 49.4 Å². The summed E-state index contributed by atoms with van der Waals surface area (Å²) in [5.74, 6) is 0.810. The summed E-state index contributed by atoms with van der Waals surface area (Å²) >= 11 is 0. The zero-order valence-corrected chi connectivity index (χ0v) is 14.9. The van der Waals surface area contributed by atoms with Gasteiger partial charge in [0.05, 0.1) is 38.3 Å². The van der Waals surface area contributed by atoms with Crippen LogP contribution in [-0.4, -0.2) is 49.0 Å². The molecule has 0 bridgehead atoms. The van der Waals surface area contributed by atoms with Gasteiger partial charge >= 0.3 is 0 Å². The number of nitrogens with zero attached hydrogens (tertiary/aromatic N) is 3. The summed E-state index contributed by atoms with van der Waals surface area (Å²) in [5, 5.41) is 0. The highest BCUT2D eigenvalue weighted by Crippen LogP contribution is 2.22. The molecule has 0 aliphatic carbocycles. The quantitative estimate of drug-likeness (QED) is 0.815. The van der Waals surface area contributed by atoms with Gasteiger partial charge in [-0.15, -0.1) is 0 Å². The number of nitrogens with one attached hydrogen (secondary N) is 1. The molecule has 134 valence electrons. The van der Waals surface area contributed by atoms with Crippen molar-refractivity contribution in [3.63, 3.8) is 0 Å². The fourth-order valence-corrected chi connectivity index (χ4v) is 3.83. The van der Waals surface area contributed by atoms with E-state index in [1.165, 1.54) is 9.80 Å². The van der Waals surface area contributed by atoms with Gasteiger partial charge in [-0.1, -0.05) is 23.8 Å². The highest BCUT2D eigenvalue weighted by atomic mass is 16.2. The van der Waals surface area contributed by atoms with Crippen molar-refractivity contribution in [3.8, 4) is 0 Å². The van der Waals surface area contributed by atoms with Crippen molar-refractivity contribution in [3.05, 3.63) is 54.2 Å². The average molecular weight is 351 g/mol. The maximum atomic E-state index is 12.9. The Morgan fingerprint density at radius 3 is 2.42 bits per heavy atom. The number of quaternary nitrogens is 1. The van der Waals surface area contributed by atoms with Crippen LogP contribution in [0.5, 0.6) is 0 Å². The van der Waals surface area contributed by atoms with E-state index >= 15 is 0 Å². The summed E-state index contributed by atoms with van der Waals surface area (Å²) in [6.45, 7) is 5.35. The van der Waals surface area contributed by atoms with Crippen molar-refractivity contribution in [2.75, 3.05) is 36.0 Å². The molecule has 4 rings (SSSR count). The number of benzene rings is 1. The maximum absolute atomic E-state index is 12.9. The van der Waals surface area contributed by atoms with Gasteiger partial charge in [0, 0.05) is 6.20 Å². The molecule has 2 saturated heterocycles. The van der Waals surface area contributed by atoms with Gasteiger partial charge in [-0.05, 0) is 31.2 Å². The number of aryl methyl sites for hydroxylation is 1. The zero-order chi connectivity index (χ0) is 18.1. The number of hydrogen-bond acceptors (Lipinski definition) is 4. The second-order valence-corrected chi connectivity index (χ2v) is 6.99. The standard InChI is InChI=1S/C20H22N4O2/c1-15-5-7-16(8-6-15)24-19(25)14-17(20(24)26)22-10-12-23(13-11-22)18-4-2-3-9-21-18/h2-9,17H,10-14H2,1H3/p+1. The van der Waals surface area contributed by atoms with Gasteiger partial charge in [0.2, 0.25) is 5.91 Å². The van der Waals surface area contributed by atoms with Crippen molar-refractivity contribution < 1.29 is 14.5 Å². The molecule has 1 unspecified atom stereocenters. The van der Waals surface area contributed by atoms with Crippen molar-refractivity contribution in [2.24, 2.45) is 0 Å². The SMILES string of the molecule is Cc1ccc(N2C(=O)CC([NH+]3CCN(c4ccccn4)CC3)C2=O)cc1. The number of rotatable bonds is 3. The van der Waals surface area contributed by atoms with Crippen LogP contribution in [0.1, 0.15) is 12.0 Å². The monoisotopic (exact) mass is 351 g/mol. The van der Waals surface area contributed by atoms with E-state index < -0.39 is 0 Å². The Hall–Kier alpha value is -2.73. The summed E-state index contributed by atoms with van der Waals surface area (Å²) in [4.78, 5) is 34.6. The summed E-state index contributed by atoms with van der Waals surface area (Å²) in [5.41, 5.74) is 1.79. The molecule has 2 fully saturated rings. The Kier molecular flexibility index (Phi) is 4.42. The van der Waals surface area contributed by atoms with E-state index in [0.29, 0.717) is 12.1 Å². The third-order valence-corrected chi connectivity index (χ3v) is 5.31. The van der Waals surface area contributed by atoms with Crippen LogP contribution < -0.4 is 14.7 Å². The first-order valence-corrected chi connectivity index (χ1v) is 9.07. The molecule has 2 aliphatic rings. The van der Waals surface area contributed by atoms with Crippen LogP contribution >= 0.6 is 0 Å². The first kappa shape index (κ1) is 16.7. The van der Waals surface area contributed by atoms with E-state index in [4.69, 9.17) is 0 Å². The molecule has 3 heterocycles. The Morgan fingerprint density at radius 2 is 1.77 bits per heavy atom. The molecule has 1 aromatic heterocycles. The van der Waals surface area contributed by atoms with Crippen molar-refractivity contribution >= 4 is 23.3 Å². The van der Waals surface area contributed by atoms with Gasteiger partial charge in [-0.3, -0.25) is 9.59 Å². The van der Waals surface area contributed by atoms with E-state index in [0.717, 1.165) is 37.6 Å². The molecule has 6 nitrogen and oxygen atoms in total. The van der Waals surface area contributed by atoms with Gasteiger partial charge < -0.3 is 9.80 Å². The van der Waals surface area contributed by atoms with Gasteiger partial charge in [0.1, 0.15) is 5.82 Å². The van der Waals surface area contributed by atoms with Gasteiger partial charge in [-0.25, -0.2) is 9.88 Å². The molecule has 2 amide bonds. The van der Waals surface area contributed by atoms with Crippen LogP contribution in [-0.2, 0) is 9.59 Å². The predicted octanol–water partition coefficient (Wildman–Crippen LogP) is 0.427. The largest absolute Gasteiger partial charge is 0.345 e. The number of amides is 2. The van der Waals surface area contributed by atoms with E-state index in [9.17, 15) is 9.59 Å². The Bertz CT molecular complexity index is 798. The molecule has 0 saturated carbocycles. The lowest BCUT2D eigenvalue weighted by Crippen LogP contribution is -3.19. The number of pyridine rings is 1. The van der Waals surface area contributed by atoms with Crippen LogP contribution in [0.4, 0.5) is 11.5 Å². The number of piperazine rings is 1. The summed E-state index contributed by atoms with van der Waals surface area (Å²) in [7, 11) is 0. The van der Waals surface area contributed by atoms with Crippen LogP contribution in [0, 0.1) is 6.92 Å². The lowest BCUT2D eigenvalue weighted by atomic mass is 10.1. The number of hydrogen-bond donors (Lipinski definition) is 1. The molecule has 6 heteroatoms. The van der Waals surface area contributed by atoms with E-state index in [-0.39, 0.29) is 17.9 Å². The minimum Gasteiger partial charge on any atom is -0.345 e. The highest BCUT2D eigenvalue weighted by molar-refractivity contribution is 6.21. The minimum atomic E-state index is -0.269. The fraction of sp³-hybridized carbons (Fsp3) is 0.350. The second kappa shape index (κ2) is 6.88. The van der Waals surface area contributed by atoms with Crippen molar-refractivity contribution in [1.29, 1.82) is 0 Å². The van der Waals surface area contributed by atoms with Crippen LogP contribution in [0.3, 0.4) is 0 Å². The fourth-order valence-electron chi connectivity index (χ4n) is 3.83. The van der Waals surface area contributed by atoms with Crippen LogP contribution in [0.15, 0.2) is 48.7 Å². The summed E-state index contributed by atoms with van der Waals surface area (Å²) in [6, 6.07) is 13.2. The Labute approximate surface area is 153 Å². The molecular formula is C20H23N4O2+. The molecule has 0 radical (unpaired) electrons. The Morgan fingerprint density at radius 1 is 1.04 bits per heavy atom. The average Bonchev–Trinajstić information content (AvgIpc) is 2.98. The Balaban J connectivity index is 1.44. The van der Waals surface area contributed by atoms with Gasteiger partial charge in [0.25, 0.3) is 5.91 Å². The first-order chi connectivity index (χ1) is 12.6. The molecule has 2 aromatic rings. The topological polar surface area (TPSA) is 58.0 Å². The number of aromatic nitrogens is 1. The molecule has 0 spiro atoms. The number of anilines is 2. The first-order valence-electron chi connectivity index (χ1n) is 9.07. The van der Waals surface area contributed by atoms with Crippen LogP contribution in [0.25, 0.3) is 0 Å². The summed E-state index contributed by atoms with van der Waals surface area (Å²) in [6.07, 6.45) is 2.10. The molecule has 1 aromatic carbocycles. The molecular weight excluding hydrogens is 328 g/mol. The zero-order valence-electron chi connectivity index (χ0n) is 14.9. The van der Waals surface area contributed by atoms with E-state index in [2.05, 4.69) is 9.88 Å². The third-order valence-electron chi connectivity index (χ3n) is 5.31. The van der Waals surface area contributed by atoms with E-state index in [1.54, 1.807) is 6.20 Å². The second-order valence-electron chi connectivity index (χ2n) is 6.99. The number of carbonyl (C=O) groups is 2. The highest BCUT2D eigenvalue weighted by Gasteiger charge is 2.46. The van der Waals surface area contributed by atoms with Crippen LogP contribution in [0.2, 0.25) is 0 Å². The van der Waals surface area contributed by atoms with Crippen molar-refractivity contribution in [2.45, 2.75) is 19.4 Å². The predicted molar refractivity (Wildman–Crippen MR) is 99.2 cm³/mol. The van der Waals surface area contributed by atoms with Gasteiger partial charge in [0.15, 0.2) is 6.04 Å². The van der Waals surface area contributed by atoms with Crippen molar-refractivity contribution in [1.82, 2.24) is 4.98 Å². The summed E-state index contributed by atoms with van der Waals surface area (Å²) < 4.78 is 0. The smallest absolute Gasteiger partial charge is 0.292 e. The molecule has 26 heavy (non-hydrogen) atoms. The molecule has 1 atom stereocenters. The lowest BCUT2D eigenvalue weighted by molar-refractivity contribution is -0.915. The normalized spacial score (nSPS) is 21.5. The molecule has 2 aliphatic heterocycles. The number of carbonyl (C=O) groups excluding carboxylic acids is 2. The minimum absolute atomic E-state index is 0.0693. The lowest BCUT2D eigenvalue weighted by Gasteiger charge is -2.34. The molecule has 1 N–H and O–H groups in total. The number of imide groups is 1. The maximum Gasteiger partial charge on any atom is 0.292 e. The third kappa shape index (κ3) is 3.08. The van der Waals surface area contributed by atoms with Gasteiger partial charge in [-0.2, -0.15) is 0 Å².